The van der Waals surface area contributed by atoms with Crippen molar-refractivity contribution in [2.24, 2.45) is 5.92 Å². The van der Waals surface area contributed by atoms with E-state index in [9.17, 15) is 0 Å². The van der Waals surface area contributed by atoms with Gasteiger partial charge < -0.3 is 19.9 Å². The second-order valence-corrected chi connectivity index (χ2v) is 7.48. The molecule has 0 amide bonds. The van der Waals surface area contributed by atoms with Crippen LogP contribution in [0.5, 0.6) is 0 Å². The number of nitrogens with zero attached hydrogens (tertiary/aromatic N) is 2. The van der Waals surface area contributed by atoms with Crippen molar-refractivity contribution in [2.75, 3.05) is 46.8 Å². The summed E-state index contributed by atoms with van der Waals surface area (Å²) in [6.45, 7) is 10.2. The van der Waals surface area contributed by atoms with Gasteiger partial charge in [0, 0.05) is 19.1 Å². The number of ether oxygens (including phenoxy) is 1. The maximum absolute atomic E-state index is 6.21. The Hall–Kier alpha value is -0.160. The molecule has 0 spiro atoms. The Morgan fingerprint density at radius 2 is 1.81 bits per heavy atom. The van der Waals surface area contributed by atoms with E-state index in [4.69, 9.17) is 4.74 Å². The van der Waals surface area contributed by atoms with E-state index < -0.39 is 0 Å². The average molecular weight is 297 g/mol. The first kappa shape index (κ1) is 17.2. The summed E-state index contributed by atoms with van der Waals surface area (Å²) in [6, 6.07) is 0.753. The van der Waals surface area contributed by atoms with Crippen molar-refractivity contribution in [3.8, 4) is 0 Å². The van der Waals surface area contributed by atoms with Gasteiger partial charge in [0.05, 0.1) is 12.2 Å². The van der Waals surface area contributed by atoms with E-state index in [0.717, 1.165) is 31.6 Å². The third kappa shape index (κ3) is 5.85. The van der Waals surface area contributed by atoms with Gasteiger partial charge in [-0.25, -0.2) is 0 Å². The van der Waals surface area contributed by atoms with Crippen LogP contribution in [0.15, 0.2) is 0 Å². The standard InChI is InChI=1S/C17H35N3O/c1-14(2)11-18-12-16-5-6-17(21-16)13-20(4)15-7-9-19(3)10-8-15/h14-18H,5-13H2,1-4H3. The second-order valence-electron chi connectivity index (χ2n) is 7.48. The largest absolute Gasteiger partial charge is 0.372 e. The molecule has 0 aromatic rings. The zero-order valence-corrected chi connectivity index (χ0v) is 14.5. The van der Waals surface area contributed by atoms with Gasteiger partial charge in [0.1, 0.15) is 0 Å². The van der Waals surface area contributed by atoms with Gasteiger partial charge in [-0.3, -0.25) is 0 Å². The third-order valence-corrected chi connectivity index (χ3v) is 4.92. The van der Waals surface area contributed by atoms with Crippen LogP contribution in [0.2, 0.25) is 0 Å². The van der Waals surface area contributed by atoms with Gasteiger partial charge in [0.2, 0.25) is 0 Å². The fourth-order valence-corrected chi connectivity index (χ4v) is 3.50. The van der Waals surface area contributed by atoms with E-state index in [-0.39, 0.29) is 0 Å². The molecule has 0 aromatic heterocycles. The minimum Gasteiger partial charge on any atom is -0.372 e. The molecule has 4 heteroatoms. The van der Waals surface area contributed by atoms with E-state index in [1.165, 1.54) is 38.8 Å². The number of hydrogen-bond donors (Lipinski definition) is 1. The molecule has 0 aliphatic carbocycles. The van der Waals surface area contributed by atoms with Gasteiger partial charge in [-0.15, -0.1) is 0 Å². The van der Waals surface area contributed by atoms with E-state index in [1.54, 1.807) is 0 Å². The van der Waals surface area contributed by atoms with E-state index >= 15 is 0 Å². The first-order valence-corrected chi connectivity index (χ1v) is 8.79. The van der Waals surface area contributed by atoms with Gasteiger partial charge in [0.15, 0.2) is 0 Å². The molecule has 0 bridgehead atoms. The SMILES string of the molecule is CC(C)CNCC1CCC(CN(C)C2CCN(C)CC2)O1. The predicted molar refractivity (Wildman–Crippen MR) is 88.8 cm³/mol. The molecular weight excluding hydrogens is 262 g/mol. The van der Waals surface area contributed by atoms with E-state index in [2.05, 4.69) is 43.1 Å². The molecule has 0 saturated carbocycles. The maximum Gasteiger partial charge on any atom is 0.0707 e. The highest BCUT2D eigenvalue weighted by Crippen LogP contribution is 2.22. The lowest BCUT2D eigenvalue weighted by Crippen LogP contribution is -2.44. The molecule has 2 rings (SSSR count). The van der Waals surface area contributed by atoms with Crippen LogP contribution in [0.25, 0.3) is 0 Å². The van der Waals surface area contributed by atoms with Crippen molar-refractivity contribution in [1.82, 2.24) is 15.1 Å². The normalized spacial score (nSPS) is 28.9. The highest BCUT2D eigenvalue weighted by molar-refractivity contribution is 4.82. The summed E-state index contributed by atoms with van der Waals surface area (Å²) in [4.78, 5) is 4.98. The molecule has 124 valence electrons. The number of rotatable bonds is 7. The predicted octanol–water partition coefficient (Wildman–Crippen LogP) is 1.81. The number of likely N-dealkylation sites (tertiary alicyclic amines) is 1. The first-order valence-electron chi connectivity index (χ1n) is 8.79. The third-order valence-electron chi connectivity index (χ3n) is 4.92. The summed E-state index contributed by atoms with van der Waals surface area (Å²) in [5.41, 5.74) is 0. The second kappa shape index (κ2) is 8.47. The number of likely N-dealkylation sites (N-methyl/N-ethyl adjacent to an activating group) is 1. The van der Waals surface area contributed by atoms with Gasteiger partial charge in [-0.2, -0.15) is 0 Å². The van der Waals surface area contributed by atoms with Crippen molar-refractivity contribution in [3.05, 3.63) is 0 Å². The highest BCUT2D eigenvalue weighted by atomic mass is 16.5. The van der Waals surface area contributed by atoms with Crippen molar-refractivity contribution in [1.29, 1.82) is 0 Å². The van der Waals surface area contributed by atoms with Crippen LogP contribution in [-0.4, -0.2) is 74.9 Å². The zero-order valence-electron chi connectivity index (χ0n) is 14.5. The van der Waals surface area contributed by atoms with Crippen LogP contribution in [0.1, 0.15) is 39.5 Å². The molecule has 21 heavy (non-hydrogen) atoms. The summed E-state index contributed by atoms with van der Waals surface area (Å²) >= 11 is 0. The quantitative estimate of drug-likeness (QED) is 0.775. The zero-order chi connectivity index (χ0) is 15.2. The lowest BCUT2D eigenvalue weighted by atomic mass is 10.0. The summed E-state index contributed by atoms with van der Waals surface area (Å²) in [5.74, 6) is 0.720. The Labute approximate surface area is 131 Å². The van der Waals surface area contributed by atoms with Gasteiger partial charge in [-0.05, 0) is 65.3 Å². The van der Waals surface area contributed by atoms with Crippen LogP contribution in [0.4, 0.5) is 0 Å². The molecule has 0 aromatic carbocycles. The summed E-state index contributed by atoms with van der Waals surface area (Å²) in [7, 11) is 4.51. The molecule has 2 heterocycles. The maximum atomic E-state index is 6.21. The van der Waals surface area contributed by atoms with Gasteiger partial charge in [-0.1, -0.05) is 13.8 Å². The minimum atomic E-state index is 0.430. The van der Waals surface area contributed by atoms with Crippen molar-refractivity contribution in [2.45, 2.75) is 57.8 Å². The Balaban J connectivity index is 1.63. The molecule has 2 aliphatic rings. The smallest absolute Gasteiger partial charge is 0.0707 e. The van der Waals surface area contributed by atoms with E-state index in [1.807, 2.05) is 0 Å². The summed E-state index contributed by atoms with van der Waals surface area (Å²) in [6.07, 6.45) is 5.93. The van der Waals surface area contributed by atoms with Gasteiger partial charge >= 0.3 is 0 Å². The number of hydrogen-bond acceptors (Lipinski definition) is 4. The minimum absolute atomic E-state index is 0.430. The molecular formula is C17H35N3O. The first-order chi connectivity index (χ1) is 10.0. The van der Waals surface area contributed by atoms with Crippen molar-refractivity contribution in [3.63, 3.8) is 0 Å². The van der Waals surface area contributed by atoms with Crippen LogP contribution in [0.3, 0.4) is 0 Å². The van der Waals surface area contributed by atoms with Gasteiger partial charge in [0.25, 0.3) is 0 Å². The molecule has 1 N–H and O–H groups in total. The number of piperidine rings is 1. The van der Waals surface area contributed by atoms with Crippen molar-refractivity contribution >= 4 is 0 Å². The Kier molecular flexibility index (Phi) is 6.93. The van der Waals surface area contributed by atoms with Crippen molar-refractivity contribution < 1.29 is 4.74 Å². The fourth-order valence-electron chi connectivity index (χ4n) is 3.50. The lowest BCUT2D eigenvalue weighted by molar-refractivity contribution is 0.0143. The summed E-state index contributed by atoms with van der Waals surface area (Å²) in [5, 5.41) is 3.52. The Morgan fingerprint density at radius 1 is 1.14 bits per heavy atom. The highest BCUT2D eigenvalue weighted by Gasteiger charge is 2.28. The molecule has 2 aliphatic heterocycles. The molecule has 2 atom stereocenters. The van der Waals surface area contributed by atoms with Crippen LogP contribution in [-0.2, 0) is 4.74 Å². The molecule has 4 nitrogen and oxygen atoms in total. The topological polar surface area (TPSA) is 27.7 Å². The monoisotopic (exact) mass is 297 g/mol. The van der Waals surface area contributed by atoms with E-state index in [0.29, 0.717) is 12.2 Å². The number of nitrogens with one attached hydrogen (secondary N) is 1. The Morgan fingerprint density at radius 3 is 2.48 bits per heavy atom. The molecule has 2 fully saturated rings. The van der Waals surface area contributed by atoms with Crippen LogP contribution in [0, 0.1) is 5.92 Å². The summed E-state index contributed by atoms with van der Waals surface area (Å²) < 4.78 is 6.21. The van der Waals surface area contributed by atoms with Crippen LogP contribution >= 0.6 is 0 Å². The lowest BCUT2D eigenvalue weighted by Gasteiger charge is -2.36. The van der Waals surface area contributed by atoms with Crippen LogP contribution < -0.4 is 5.32 Å². The fraction of sp³-hybridized carbons (Fsp3) is 1.00. The molecule has 0 radical (unpaired) electrons. The Bertz CT molecular complexity index is 290. The average Bonchev–Trinajstić information content (AvgIpc) is 2.86. The molecule has 2 saturated heterocycles. The molecule has 2 unspecified atom stereocenters.